The number of hydrogen-bond acceptors (Lipinski definition) is 4. The molecule has 0 N–H and O–H groups in total. The number of cyclic esters (lactones) is 1. The third kappa shape index (κ3) is 5.47. The molecule has 3 aromatic carbocycles. The standard InChI is InChI=1S/C24H15Cl2I2NO3/c1-13-2-4-14(5-3-13)12-31-22-19(27)8-15(9-20(22)28)10-21-24(30)32-23(29-21)17-7-6-16(25)11-18(17)26/h2-11H,12H2,1H3/b21-10-. The first-order chi connectivity index (χ1) is 15.3. The van der Waals surface area contributed by atoms with Crippen molar-refractivity contribution in [3.8, 4) is 5.75 Å². The molecule has 0 radical (unpaired) electrons. The lowest BCUT2D eigenvalue weighted by Gasteiger charge is -2.12. The van der Waals surface area contributed by atoms with E-state index in [0.29, 0.717) is 22.2 Å². The monoisotopic (exact) mass is 689 g/mol. The molecule has 0 spiro atoms. The van der Waals surface area contributed by atoms with Crippen LogP contribution in [-0.4, -0.2) is 11.9 Å². The van der Waals surface area contributed by atoms with Gasteiger partial charge in [0.25, 0.3) is 0 Å². The summed E-state index contributed by atoms with van der Waals surface area (Å²) < 4.78 is 13.2. The van der Waals surface area contributed by atoms with Crippen molar-refractivity contribution in [2.75, 3.05) is 0 Å². The summed E-state index contributed by atoms with van der Waals surface area (Å²) in [5.74, 6) is 0.432. The largest absolute Gasteiger partial charge is 0.487 e. The van der Waals surface area contributed by atoms with Crippen LogP contribution in [0.2, 0.25) is 10.0 Å². The first-order valence-electron chi connectivity index (χ1n) is 9.45. The van der Waals surface area contributed by atoms with Gasteiger partial charge in [-0.15, -0.1) is 0 Å². The molecule has 1 aliphatic rings. The van der Waals surface area contributed by atoms with Crippen molar-refractivity contribution >= 4 is 86.3 Å². The molecule has 162 valence electrons. The van der Waals surface area contributed by atoms with Gasteiger partial charge in [0.2, 0.25) is 5.90 Å². The van der Waals surface area contributed by atoms with Gasteiger partial charge in [0, 0.05) is 5.02 Å². The molecular weight excluding hydrogens is 675 g/mol. The number of carbonyl (C=O) groups excluding carboxylic acids is 1. The van der Waals surface area contributed by atoms with Crippen molar-refractivity contribution in [3.05, 3.63) is 99.7 Å². The fraction of sp³-hybridized carbons (Fsp3) is 0.0833. The topological polar surface area (TPSA) is 47.9 Å². The van der Waals surface area contributed by atoms with E-state index in [-0.39, 0.29) is 11.6 Å². The molecule has 0 bridgehead atoms. The maximum Gasteiger partial charge on any atom is 0.363 e. The Bertz CT molecular complexity index is 1250. The Kier molecular flexibility index (Phi) is 7.44. The quantitative estimate of drug-likeness (QED) is 0.159. The highest BCUT2D eigenvalue weighted by Gasteiger charge is 2.26. The van der Waals surface area contributed by atoms with Gasteiger partial charge in [-0.3, -0.25) is 0 Å². The first kappa shape index (κ1) is 23.5. The van der Waals surface area contributed by atoms with Gasteiger partial charge >= 0.3 is 5.97 Å². The zero-order chi connectivity index (χ0) is 22.8. The van der Waals surface area contributed by atoms with E-state index < -0.39 is 5.97 Å². The molecular formula is C24H15Cl2I2NO3. The summed E-state index contributed by atoms with van der Waals surface area (Å²) >= 11 is 16.6. The molecule has 4 nitrogen and oxygen atoms in total. The summed E-state index contributed by atoms with van der Waals surface area (Å²) in [5.41, 5.74) is 3.85. The average Bonchev–Trinajstić information content (AvgIpc) is 3.08. The van der Waals surface area contributed by atoms with Crippen LogP contribution in [0.3, 0.4) is 0 Å². The molecule has 1 heterocycles. The van der Waals surface area contributed by atoms with Crippen molar-refractivity contribution in [1.82, 2.24) is 0 Å². The van der Waals surface area contributed by atoms with E-state index in [1.807, 2.05) is 12.1 Å². The second-order valence-electron chi connectivity index (χ2n) is 7.05. The molecule has 0 saturated heterocycles. The van der Waals surface area contributed by atoms with Crippen LogP contribution in [0.5, 0.6) is 5.75 Å². The third-order valence-electron chi connectivity index (χ3n) is 4.61. The third-order valence-corrected chi connectivity index (χ3v) is 6.76. The Morgan fingerprint density at radius 1 is 1.03 bits per heavy atom. The predicted molar refractivity (Wildman–Crippen MR) is 144 cm³/mol. The fourth-order valence-corrected chi connectivity index (χ4v) is 5.60. The summed E-state index contributed by atoms with van der Waals surface area (Å²) in [6.45, 7) is 2.54. The van der Waals surface area contributed by atoms with Crippen molar-refractivity contribution in [1.29, 1.82) is 0 Å². The minimum Gasteiger partial charge on any atom is -0.487 e. The Hall–Kier alpha value is -1.62. The van der Waals surface area contributed by atoms with E-state index in [4.69, 9.17) is 32.7 Å². The van der Waals surface area contributed by atoms with Gasteiger partial charge < -0.3 is 9.47 Å². The van der Waals surface area contributed by atoms with Crippen molar-refractivity contribution in [2.24, 2.45) is 4.99 Å². The molecule has 0 saturated carbocycles. The molecule has 1 aliphatic heterocycles. The Balaban J connectivity index is 1.56. The smallest absolute Gasteiger partial charge is 0.363 e. The number of aliphatic imine (C=N–C) groups is 1. The second-order valence-corrected chi connectivity index (χ2v) is 10.2. The SMILES string of the molecule is Cc1ccc(COc2c(I)cc(/C=C3\N=C(c4ccc(Cl)cc4Cl)OC3=O)cc2I)cc1. The van der Waals surface area contributed by atoms with Gasteiger partial charge in [0.05, 0.1) is 17.7 Å². The minimum absolute atomic E-state index is 0.158. The van der Waals surface area contributed by atoms with Crippen molar-refractivity contribution in [2.45, 2.75) is 13.5 Å². The van der Waals surface area contributed by atoms with E-state index in [9.17, 15) is 4.79 Å². The van der Waals surface area contributed by atoms with Crippen molar-refractivity contribution < 1.29 is 14.3 Å². The average molecular weight is 690 g/mol. The van der Waals surface area contributed by atoms with Crippen LogP contribution in [0.15, 0.2) is 65.3 Å². The van der Waals surface area contributed by atoms with Gasteiger partial charge in [-0.25, -0.2) is 9.79 Å². The Labute approximate surface area is 222 Å². The number of benzene rings is 3. The summed E-state index contributed by atoms with van der Waals surface area (Å²) in [6, 6.07) is 17.0. The van der Waals surface area contributed by atoms with Gasteiger partial charge in [0.1, 0.15) is 12.4 Å². The van der Waals surface area contributed by atoms with Crippen LogP contribution in [0, 0.1) is 14.1 Å². The molecule has 4 rings (SSSR count). The number of carbonyl (C=O) groups is 1. The molecule has 0 fully saturated rings. The highest BCUT2D eigenvalue weighted by Crippen LogP contribution is 2.32. The zero-order valence-electron chi connectivity index (χ0n) is 16.7. The molecule has 3 aromatic rings. The van der Waals surface area contributed by atoms with E-state index in [1.54, 1.807) is 24.3 Å². The highest BCUT2D eigenvalue weighted by molar-refractivity contribution is 14.1. The van der Waals surface area contributed by atoms with E-state index in [0.717, 1.165) is 24.0 Å². The molecule has 0 unspecified atom stereocenters. The van der Waals surface area contributed by atoms with Crippen LogP contribution in [0.1, 0.15) is 22.3 Å². The lowest BCUT2D eigenvalue weighted by molar-refractivity contribution is -0.129. The van der Waals surface area contributed by atoms with Crippen molar-refractivity contribution in [3.63, 3.8) is 0 Å². The van der Waals surface area contributed by atoms with E-state index in [1.165, 1.54) is 5.56 Å². The van der Waals surface area contributed by atoms with Crippen LogP contribution < -0.4 is 4.74 Å². The highest BCUT2D eigenvalue weighted by atomic mass is 127. The first-order valence-corrected chi connectivity index (χ1v) is 12.4. The van der Waals surface area contributed by atoms with Crippen LogP contribution in [0.25, 0.3) is 6.08 Å². The summed E-state index contributed by atoms with van der Waals surface area (Å²) in [7, 11) is 0. The number of ether oxygens (including phenoxy) is 2. The summed E-state index contributed by atoms with van der Waals surface area (Å²) in [4.78, 5) is 16.7. The van der Waals surface area contributed by atoms with Crippen LogP contribution >= 0.6 is 68.4 Å². The fourth-order valence-electron chi connectivity index (χ4n) is 2.99. The molecule has 0 aliphatic carbocycles. The molecule has 0 amide bonds. The van der Waals surface area contributed by atoms with E-state index >= 15 is 0 Å². The predicted octanol–water partition coefficient (Wildman–Crippen LogP) is 7.43. The van der Waals surface area contributed by atoms with Gasteiger partial charge in [-0.1, -0.05) is 53.0 Å². The molecule has 32 heavy (non-hydrogen) atoms. The van der Waals surface area contributed by atoms with Gasteiger partial charge in [0.15, 0.2) is 5.70 Å². The molecule has 8 heteroatoms. The Morgan fingerprint density at radius 3 is 2.38 bits per heavy atom. The van der Waals surface area contributed by atoms with E-state index in [2.05, 4.69) is 81.4 Å². The zero-order valence-corrected chi connectivity index (χ0v) is 22.5. The lowest BCUT2D eigenvalue weighted by Crippen LogP contribution is -2.06. The maximum absolute atomic E-state index is 12.4. The maximum atomic E-state index is 12.4. The second kappa shape index (κ2) is 10.1. The normalized spacial score (nSPS) is 14.5. The Morgan fingerprint density at radius 2 is 1.72 bits per heavy atom. The number of halogens is 4. The van der Waals surface area contributed by atoms with Crippen LogP contribution in [-0.2, 0) is 16.1 Å². The number of rotatable bonds is 5. The summed E-state index contributed by atoms with van der Waals surface area (Å²) in [6.07, 6.45) is 1.69. The minimum atomic E-state index is -0.532. The van der Waals surface area contributed by atoms with Gasteiger partial charge in [-0.05, 0) is 99.6 Å². The van der Waals surface area contributed by atoms with Gasteiger partial charge in [-0.2, -0.15) is 0 Å². The number of hydrogen-bond donors (Lipinski definition) is 0. The number of nitrogens with zero attached hydrogens (tertiary/aromatic N) is 1. The lowest BCUT2D eigenvalue weighted by atomic mass is 10.1. The molecule has 0 atom stereocenters. The number of aryl methyl sites for hydroxylation is 1. The molecule has 0 aromatic heterocycles. The summed E-state index contributed by atoms with van der Waals surface area (Å²) in [5, 5.41) is 0.859. The van der Waals surface area contributed by atoms with Crippen LogP contribution in [0.4, 0.5) is 0 Å². The number of esters is 1.